The van der Waals surface area contributed by atoms with E-state index in [4.69, 9.17) is 9.47 Å². The molecule has 4 nitrogen and oxygen atoms in total. The fourth-order valence-electron chi connectivity index (χ4n) is 9.26. The Morgan fingerprint density at radius 1 is 1.03 bits per heavy atom. The molecule has 0 aromatic rings. The van der Waals surface area contributed by atoms with Gasteiger partial charge in [-0.3, -0.25) is 4.79 Å². The molecule has 0 radical (unpaired) electrons. The standard InChI is InChI=1S/C29H50O4/c1-18(2)25(31)10-7-19(3)22-8-9-23-27-24(12-14-29(22,23)5)28(4)13-11-21(30)15-20(28)16-26(27)33-17-32-6/h18-20,22-27,31H,7-17H2,1-6H3/t19-,20-,22-,23+,24+,25-,26-,27+,28+,29-/m1/s1. The first-order chi connectivity index (χ1) is 15.6. The van der Waals surface area contributed by atoms with Crippen molar-refractivity contribution < 1.29 is 19.4 Å². The van der Waals surface area contributed by atoms with Crippen molar-refractivity contribution in [2.45, 2.75) is 111 Å². The molecule has 0 heterocycles. The number of fused-ring (bicyclic) bond motifs is 5. The van der Waals surface area contributed by atoms with E-state index in [1.54, 1.807) is 7.11 Å². The van der Waals surface area contributed by atoms with Crippen LogP contribution in [0.25, 0.3) is 0 Å². The molecule has 10 atom stereocenters. The molecule has 190 valence electrons. The summed E-state index contributed by atoms with van der Waals surface area (Å²) in [5.74, 6) is 4.63. The molecule has 1 N–H and O–H groups in total. The maximum Gasteiger partial charge on any atom is 0.146 e. The Labute approximate surface area is 202 Å². The molecule has 0 amide bonds. The van der Waals surface area contributed by atoms with Crippen LogP contribution in [-0.2, 0) is 14.3 Å². The maximum atomic E-state index is 12.4. The summed E-state index contributed by atoms with van der Waals surface area (Å²) < 4.78 is 11.8. The van der Waals surface area contributed by atoms with Crippen LogP contribution in [0.5, 0.6) is 0 Å². The van der Waals surface area contributed by atoms with Gasteiger partial charge in [0, 0.05) is 20.0 Å². The minimum absolute atomic E-state index is 0.177. The lowest BCUT2D eigenvalue weighted by molar-refractivity contribution is -0.201. The van der Waals surface area contributed by atoms with E-state index < -0.39 is 0 Å². The highest BCUT2D eigenvalue weighted by molar-refractivity contribution is 5.79. The minimum atomic E-state index is -0.177. The molecule has 0 bridgehead atoms. The number of aliphatic hydroxyl groups excluding tert-OH is 1. The number of methoxy groups -OCH3 is 1. The summed E-state index contributed by atoms with van der Waals surface area (Å²) in [5.41, 5.74) is 0.656. The smallest absolute Gasteiger partial charge is 0.146 e. The van der Waals surface area contributed by atoms with E-state index in [1.807, 2.05) is 0 Å². The molecule has 0 saturated heterocycles. The van der Waals surface area contributed by atoms with Crippen LogP contribution in [-0.4, -0.2) is 37.0 Å². The molecule has 4 aliphatic rings. The van der Waals surface area contributed by atoms with Crippen LogP contribution in [0.3, 0.4) is 0 Å². The summed E-state index contributed by atoms with van der Waals surface area (Å²) in [5, 5.41) is 10.4. The van der Waals surface area contributed by atoms with E-state index in [9.17, 15) is 9.90 Å². The number of Topliss-reactive ketones (excluding diaryl/α,β-unsaturated/α-hetero) is 1. The molecule has 4 fully saturated rings. The van der Waals surface area contributed by atoms with Crippen LogP contribution in [0.1, 0.15) is 98.8 Å². The first-order valence-corrected chi connectivity index (χ1v) is 13.9. The second kappa shape index (κ2) is 9.90. The number of hydrogen-bond acceptors (Lipinski definition) is 4. The Balaban J connectivity index is 1.55. The Hall–Kier alpha value is -0.450. The second-order valence-electron chi connectivity index (χ2n) is 13.2. The van der Waals surface area contributed by atoms with E-state index in [2.05, 4.69) is 34.6 Å². The highest BCUT2D eigenvalue weighted by Gasteiger charge is 2.63. The summed E-state index contributed by atoms with van der Waals surface area (Å²) in [6, 6.07) is 0. The SMILES string of the molecule is COCO[C@@H]1C[C@H]2CC(=O)CC[C@]2(C)[C@H]2CC[C@]3(C)[C@@H]([C@H](C)CC[C@@H](O)C(C)C)CC[C@H]3[C@H]12. The van der Waals surface area contributed by atoms with Gasteiger partial charge in [-0.2, -0.15) is 0 Å². The summed E-state index contributed by atoms with van der Waals surface area (Å²) in [6.07, 6.45) is 11.0. The maximum absolute atomic E-state index is 12.4. The van der Waals surface area contributed by atoms with Crippen LogP contribution in [0, 0.1) is 52.3 Å². The summed E-state index contributed by atoms with van der Waals surface area (Å²) in [7, 11) is 1.72. The normalized spacial score (nSPS) is 44.8. The third-order valence-electron chi connectivity index (χ3n) is 11.3. The van der Waals surface area contributed by atoms with Crippen LogP contribution in [0.4, 0.5) is 0 Å². The van der Waals surface area contributed by atoms with Crippen molar-refractivity contribution >= 4 is 5.78 Å². The monoisotopic (exact) mass is 462 g/mol. The van der Waals surface area contributed by atoms with Gasteiger partial charge in [0.2, 0.25) is 0 Å². The highest BCUT2D eigenvalue weighted by Crippen LogP contribution is 2.68. The third-order valence-corrected chi connectivity index (χ3v) is 11.3. The van der Waals surface area contributed by atoms with Crippen molar-refractivity contribution in [3.8, 4) is 0 Å². The lowest BCUT2D eigenvalue weighted by Gasteiger charge is -2.62. The van der Waals surface area contributed by atoms with Crippen molar-refractivity contribution in [3.05, 3.63) is 0 Å². The number of ketones is 1. The van der Waals surface area contributed by atoms with Crippen molar-refractivity contribution in [1.29, 1.82) is 0 Å². The average Bonchev–Trinajstić information content (AvgIpc) is 3.13. The Bertz CT molecular complexity index is 691. The van der Waals surface area contributed by atoms with E-state index in [-0.39, 0.29) is 17.6 Å². The van der Waals surface area contributed by atoms with Gasteiger partial charge in [0.15, 0.2) is 0 Å². The first-order valence-electron chi connectivity index (χ1n) is 13.9. The largest absolute Gasteiger partial charge is 0.393 e. The van der Waals surface area contributed by atoms with Crippen molar-refractivity contribution in [2.75, 3.05) is 13.9 Å². The minimum Gasteiger partial charge on any atom is -0.393 e. The zero-order chi connectivity index (χ0) is 24.0. The van der Waals surface area contributed by atoms with E-state index in [1.165, 1.54) is 25.7 Å². The Kier molecular flexibility index (Phi) is 7.69. The van der Waals surface area contributed by atoms with Crippen LogP contribution in [0.15, 0.2) is 0 Å². The first kappa shape index (κ1) is 25.6. The Morgan fingerprint density at radius 3 is 2.45 bits per heavy atom. The Morgan fingerprint density at radius 2 is 1.76 bits per heavy atom. The number of carbonyl (C=O) groups excluding carboxylic acids is 1. The zero-order valence-electron chi connectivity index (χ0n) is 22.1. The molecule has 4 aliphatic carbocycles. The molecule has 4 rings (SSSR count). The van der Waals surface area contributed by atoms with E-state index >= 15 is 0 Å². The molecule has 0 unspecified atom stereocenters. The predicted octanol–water partition coefficient (Wildman–Crippen LogP) is 6.25. The molecule has 33 heavy (non-hydrogen) atoms. The van der Waals surface area contributed by atoms with Crippen molar-refractivity contribution in [1.82, 2.24) is 0 Å². The van der Waals surface area contributed by atoms with Crippen molar-refractivity contribution in [2.24, 2.45) is 52.3 Å². The topological polar surface area (TPSA) is 55.8 Å². The van der Waals surface area contributed by atoms with Gasteiger partial charge in [-0.1, -0.05) is 34.6 Å². The van der Waals surface area contributed by atoms with Gasteiger partial charge in [0.1, 0.15) is 12.6 Å². The highest BCUT2D eigenvalue weighted by atomic mass is 16.7. The van der Waals surface area contributed by atoms with Gasteiger partial charge in [-0.15, -0.1) is 0 Å². The molecular formula is C29H50O4. The lowest BCUT2D eigenvalue weighted by Crippen LogP contribution is -2.59. The van der Waals surface area contributed by atoms with Crippen molar-refractivity contribution in [3.63, 3.8) is 0 Å². The predicted molar refractivity (Wildman–Crippen MR) is 132 cm³/mol. The third kappa shape index (κ3) is 4.58. The molecule has 4 saturated carbocycles. The molecule has 0 aliphatic heterocycles. The average molecular weight is 463 g/mol. The number of carbonyl (C=O) groups is 1. The van der Waals surface area contributed by atoms with Crippen LogP contribution < -0.4 is 0 Å². The summed E-state index contributed by atoms with van der Waals surface area (Å²) in [6.45, 7) is 12.2. The molecule has 0 aromatic carbocycles. The number of aliphatic hydroxyl groups is 1. The number of ether oxygens (including phenoxy) is 2. The van der Waals surface area contributed by atoms with Gasteiger partial charge in [0.25, 0.3) is 0 Å². The molecule has 4 heteroatoms. The van der Waals surface area contributed by atoms with Gasteiger partial charge in [-0.05, 0) is 104 Å². The lowest BCUT2D eigenvalue weighted by atomic mass is 9.43. The quantitative estimate of drug-likeness (QED) is 0.433. The van der Waals surface area contributed by atoms with Crippen LogP contribution >= 0.6 is 0 Å². The second-order valence-corrected chi connectivity index (χ2v) is 13.2. The molecular weight excluding hydrogens is 412 g/mol. The molecule has 0 spiro atoms. The zero-order valence-corrected chi connectivity index (χ0v) is 22.1. The summed E-state index contributed by atoms with van der Waals surface area (Å²) in [4.78, 5) is 12.4. The summed E-state index contributed by atoms with van der Waals surface area (Å²) >= 11 is 0. The van der Waals surface area contributed by atoms with Gasteiger partial charge < -0.3 is 14.6 Å². The van der Waals surface area contributed by atoms with Gasteiger partial charge >= 0.3 is 0 Å². The van der Waals surface area contributed by atoms with E-state index in [0.29, 0.717) is 53.5 Å². The number of hydrogen-bond donors (Lipinski definition) is 1. The fourth-order valence-corrected chi connectivity index (χ4v) is 9.26. The molecule has 0 aromatic heterocycles. The van der Waals surface area contributed by atoms with Gasteiger partial charge in [-0.25, -0.2) is 0 Å². The van der Waals surface area contributed by atoms with Crippen LogP contribution in [0.2, 0.25) is 0 Å². The van der Waals surface area contributed by atoms with E-state index in [0.717, 1.165) is 44.4 Å². The van der Waals surface area contributed by atoms with Gasteiger partial charge in [0.05, 0.1) is 12.2 Å². The fraction of sp³-hybridized carbons (Fsp3) is 0.966. The number of rotatable bonds is 8.